The molecule has 0 bridgehead atoms. The molecule has 3 fully saturated rings. The van der Waals surface area contributed by atoms with E-state index in [1.807, 2.05) is 0 Å². The zero-order chi connectivity index (χ0) is 26.2. The molecule has 0 aromatic carbocycles. The third-order valence-corrected chi connectivity index (χ3v) is 6.74. The SMILES string of the molecule is CCC(N)C(=O)O.CO/N=C1/CN(c2nc3c(cc2F)c(=O)c(C(=O)O)cn3C2CC2)CC12CNC2. The van der Waals surface area contributed by atoms with Gasteiger partial charge in [-0.1, -0.05) is 12.1 Å². The third kappa shape index (κ3) is 4.63. The number of fused-ring (bicyclic) bond motifs is 1. The number of aromatic carboxylic acids is 1. The van der Waals surface area contributed by atoms with Gasteiger partial charge in [0.2, 0.25) is 5.43 Å². The van der Waals surface area contributed by atoms with Gasteiger partial charge in [0.15, 0.2) is 11.6 Å². The Morgan fingerprint density at radius 3 is 2.56 bits per heavy atom. The maximum absolute atomic E-state index is 15.0. The number of pyridine rings is 2. The van der Waals surface area contributed by atoms with Crippen LogP contribution < -0.4 is 21.4 Å². The standard InChI is InChI=1S/C19H20FN5O4.C4H9NO2/c1-29-23-14-6-24(9-19(14)7-21-8-19)17-13(20)4-11-15(26)12(18(27)28)5-25(10-2-3-10)16(11)22-17;1-2-3(5)4(6)7/h4-5,10,21H,2-3,6-9H2,1H3,(H,27,28);3H,2,5H2,1H3,(H,6,7)/b23-14-;. The molecule has 194 valence electrons. The van der Waals surface area contributed by atoms with Crippen molar-refractivity contribution in [2.24, 2.45) is 16.3 Å². The Bertz CT molecular complexity index is 1290. The molecule has 0 radical (unpaired) electrons. The summed E-state index contributed by atoms with van der Waals surface area (Å²) in [5, 5.41) is 24.8. The summed E-state index contributed by atoms with van der Waals surface area (Å²) in [5.74, 6) is -2.76. The fourth-order valence-electron chi connectivity index (χ4n) is 4.41. The molecule has 1 saturated carbocycles. The lowest BCUT2D eigenvalue weighted by Crippen LogP contribution is -2.58. The van der Waals surface area contributed by atoms with Gasteiger partial charge in [-0.25, -0.2) is 14.2 Å². The van der Waals surface area contributed by atoms with Crippen LogP contribution in [0.15, 0.2) is 22.2 Å². The van der Waals surface area contributed by atoms with Gasteiger partial charge in [-0.05, 0) is 25.3 Å². The number of aromatic nitrogens is 2. The van der Waals surface area contributed by atoms with Crippen molar-refractivity contribution in [1.82, 2.24) is 14.9 Å². The molecule has 2 aromatic heterocycles. The summed E-state index contributed by atoms with van der Waals surface area (Å²) in [6.45, 7) is 4.12. The van der Waals surface area contributed by atoms with E-state index in [-0.39, 0.29) is 28.2 Å². The molecule has 36 heavy (non-hydrogen) atoms. The summed E-state index contributed by atoms with van der Waals surface area (Å²) >= 11 is 0. The van der Waals surface area contributed by atoms with Crippen molar-refractivity contribution in [3.63, 3.8) is 0 Å². The fraction of sp³-hybridized carbons (Fsp3) is 0.522. The molecule has 13 heteroatoms. The number of anilines is 1. The number of hydrogen-bond donors (Lipinski definition) is 4. The van der Waals surface area contributed by atoms with Crippen LogP contribution >= 0.6 is 0 Å². The average molecular weight is 505 g/mol. The van der Waals surface area contributed by atoms with Gasteiger partial charge >= 0.3 is 11.9 Å². The highest BCUT2D eigenvalue weighted by Crippen LogP contribution is 2.39. The van der Waals surface area contributed by atoms with E-state index in [1.54, 1.807) is 16.4 Å². The summed E-state index contributed by atoms with van der Waals surface area (Å²) < 4.78 is 16.7. The number of halogens is 1. The number of hydrogen-bond acceptors (Lipinski definition) is 9. The van der Waals surface area contributed by atoms with E-state index in [9.17, 15) is 19.5 Å². The highest BCUT2D eigenvalue weighted by atomic mass is 19.1. The van der Waals surface area contributed by atoms with Crippen molar-refractivity contribution in [2.45, 2.75) is 38.3 Å². The van der Waals surface area contributed by atoms with Gasteiger partial charge < -0.3 is 35.6 Å². The predicted molar refractivity (Wildman–Crippen MR) is 129 cm³/mol. The van der Waals surface area contributed by atoms with Crippen molar-refractivity contribution < 1.29 is 29.0 Å². The van der Waals surface area contributed by atoms with E-state index < -0.39 is 29.2 Å². The summed E-state index contributed by atoms with van der Waals surface area (Å²) in [4.78, 5) is 45.1. The zero-order valence-electron chi connectivity index (χ0n) is 20.0. The Hall–Kier alpha value is -3.58. The number of nitrogens with two attached hydrogens (primary N) is 1. The van der Waals surface area contributed by atoms with Crippen LogP contribution in [-0.2, 0) is 9.63 Å². The summed E-state index contributed by atoms with van der Waals surface area (Å²) in [5.41, 5.74) is 4.88. The predicted octanol–water partition coefficient (Wildman–Crippen LogP) is 0.789. The second-order valence-corrected chi connectivity index (χ2v) is 9.29. The zero-order valence-corrected chi connectivity index (χ0v) is 20.0. The van der Waals surface area contributed by atoms with Gasteiger partial charge in [0.25, 0.3) is 0 Å². The molecule has 1 aliphatic carbocycles. The number of oxime groups is 1. The van der Waals surface area contributed by atoms with Crippen LogP contribution in [0, 0.1) is 11.2 Å². The summed E-state index contributed by atoms with van der Waals surface area (Å²) in [6.07, 6.45) is 3.57. The lowest BCUT2D eigenvalue weighted by Gasteiger charge is -2.38. The van der Waals surface area contributed by atoms with Crippen LogP contribution in [0.4, 0.5) is 10.2 Å². The highest BCUT2D eigenvalue weighted by Gasteiger charge is 2.50. The Kier molecular flexibility index (Phi) is 6.96. The molecule has 4 heterocycles. The van der Waals surface area contributed by atoms with Gasteiger partial charge in [0.05, 0.1) is 23.1 Å². The topological polar surface area (TPSA) is 172 Å². The maximum atomic E-state index is 15.0. The first-order chi connectivity index (χ1) is 17.1. The van der Waals surface area contributed by atoms with Gasteiger partial charge in [-0.2, -0.15) is 0 Å². The van der Waals surface area contributed by atoms with E-state index >= 15 is 4.39 Å². The van der Waals surface area contributed by atoms with E-state index in [0.717, 1.165) is 37.7 Å². The van der Waals surface area contributed by atoms with Gasteiger partial charge in [0.1, 0.15) is 24.4 Å². The summed E-state index contributed by atoms with van der Waals surface area (Å²) in [6, 6.07) is 0.510. The fourth-order valence-corrected chi connectivity index (χ4v) is 4.41. The Labute approximate surface area is 205 Å². The monoisotopic (exact) mass is 504 g/mol. The Balaban J connectivity index is 0.000000384. The maximum Gasteiger partial charge on any atom is 0.341 e. The largest absolute Gasteiger partial charge is 0.480 e. The molecule has 2 aromatic rings. The highest BCUT2D eigenvalue weighted by molar-refractivity contribution is 5.99. The van der Waals surface area contributed by atoms with Crippen LogP contribution in [-0.4, -0.2) is 76.7 Å². The number of rotatable bonds is 6. The summed E-state index contributed by atoms with van der Waals surface area (Å²) in [7, 11) is 1.48. The molecule has 0 amide bonds. The second kappa shape index (κ2) is 9.82. The van der Waals surface area contributed by atoms with E-state index in [2.05, 4.69) is 15.5 Å². The molecule has 5 N–H and O–H groups in total. The molecular weight excluding hydrogens is 475 g/mol. The molecule has 2 aliphatic heterocycles. The quantitative estimate of drug-likeness (QED) is 0.412. The molecule has 2 saturated heterocycles. The lowest BCUT2D eigenvalue weighted by atomic mass is 9.79. The van der Waals surface area contributed by atoms with Crippen LogP contribution in [0.3, 0.4) is 0 Å². The first kappa shape index (κ1) is 25.5. The van der Waals surface area contributed by atoms with Gasteiger partial charge in [-0.3, -0.25) is 9.59 Å². The van der Waals surface area contributed by atoms with E-state index in [1.165, 1.54) is 13.3 Å². The average Bonchev–Trinajstić information content (AvgIpc) is 3.58. The molecule has 12 nitrogen and oxygen atoms in total. The first-order valence-corrected chi connectivity index (χ1v) is 11.6. The number of carboxylic acid groups (broad SMARTS) is 2. The third-order valence-electron chi connectivity index (χ3n) is 6.74. The Morgan fingerprint density at radius 1 is 1.39 bits per heavy atom. The minimum absolute atomic E-state index is 0.0111. The van der Waals surface area contributed by atoms with Crippen molar-refractivity contribution in [1.29, 1.82) is 0 Å². The molecular formula is C23H29FN6O6. The number of nitrogens with one attached hydrogen (secondary N) is 1. The van der Waals surface area contributed by atoms with Crippen molar-refractivity contribution >= 4 is 34.5 Å². The number of carboxylic acids is 2. The van der Waals surface area contributed by atoms with Crippen molar-refractivity contribution in [3.8, 4) is 0 Å². The minimum Gasteiger partial charge on any atom is -0.480 e. The van der Waals surface area contributed by atoms with Crippen LogP contribution in [0.2, 0.25) is 0 Å². The van der Waals surface area contributed by atoms with E-state index in [4.69, 9.17) is 15.7 Å². The van der Waals surface area contributed by atoms with Gasteiger partial charge in [-0.15, -0.1) is 0 Å². The van der Waals surface area contributed by atoms with Crippen LogP contribution in [0.5, 0.6) is 0 Å². The molecule has 1 unspecified atom stereocenters. The second-order valence-electron chi connectivity index (χ2n) is 9.29. The number of aliphatic carboxylic acids is 1. The smallest absolute Gasteiger partial charge is 0.341 e. The normalized spacial score (nSPS) is 20.1. The minimum atomic E-state index is -1.32. The molecule has 5 rings (SSSR count). The molecule has 1 spiro atoms. The Morgan fingerprint density at radius 2 is 2.08 bits per heavy atom. The molecule has 3 aliphatic rings. The van der Waals surface area contributed by atoms with Crippen LogP contribution in [0.25, 0.3) is 11.0 Å². The lowest BCUT2D eigenvalue weighted by molar-refractivity contribution is -0.138. The number of nitrogens with zero attached hydrogens (tertiary/aromatic N) is 4. The molecule has 1 atom stereocenters. The van der Waals surface area contributed by atoms with Gasteiger partial charge in [0, 0.05) is 31.9 Å². The van der Waals surface area contributed by atoms with Crippen molar-refractivity contribution in [3.05, 3.63) is 33.9 Å². The van der Waals surface area contributed by atoms with Crippen molar-refractivity contribution in [2.75, 3.05) is 38.2 Å². The van der Waals surface area contributed by atoms with Crippen LogP contribution in [0.1, 0.15) is 42.6 Å². The number of carbonyl (C=O) groups is 2. The first-order valence-electron chi connectivity index (χ1n) is 11.6. The van der Waals surface area contributed by atoms with E-state index in [0.29, 0.717) is 25.2 Å².